The number of ether oxygens (including phenoxy) is 1. The zero-order chi connectivity index (χ0) is 7.56. The molecular formula is C6H10ClNO2. The average molecular weight is 164 g/mol. The van der Waals surface area contributed by atoms with Crippen molar-refractivity contribution in [3.63, 3.8) is 0 Å². The van der Waals surface area contributed by atoms with E-state index < -0.39 is 0 Å². The Bertz CT molecular complexity index is 145. The van der Waals surface area contributed by atoms with Gasteiger partial charge in [0, 0.05) is 7.11 Å². The van der Waals surface area contributed by atoms with Crippen molar-refractivity contribution in [2.75, 3.05) is 7.11 Å². The summed E-state index contributed by atoms with van der Waals surface area (Å²) in [6, 6.07) is 0. The van der Waals surface area contributed by atoms with E-state index in [9.17, 15) is 0 Å². The lowest BCUT2D eigenvalue weighted by atomic mass is 10.2. The van der Waals surface area contributed by atoms with Crippen LogP contribution in [0.3, 0.4) is 0 Å². The zero-order valence-electron chi connectivity index (χ0n) is 5.75. The fourth-order valence-electron chi connectivity index (χ4n) is 0.940. The van der Waals surface area contributed by atoms with E-state index in [4.69, 9.17) is 21.5 Å². The van der Waals surface area contributed by atoms with Crippen molar-refractivity contribution >= 4 is 16.8 Å². The van der Waals surface area contributed by atoms with Crippen LogP contribution in [0.25, 0.3) is 0 Å². The predicted molar refractivity (Wildman–Crippen MR) is 38.6 cm³/mol. The molecule has 10 heavy (non-hydrogen) atoms. The summed E-state index contributed by atoms with van der Waals surface area (Å²) in [5.41, 5.74) is 0. The Morgan fingerprint density at radius 2 is 2.40 bits per heavy atom. The van der Waals surface area contributed by atoms with E-state index in [1.165, 1.54) is 0 Å². The van der Waals surface area contributed by atoms with Crippen LogP contribution >= 0.6 is 11.6 Å². The largest absolute Gasteiger partial charge is 0.410 e. The van der Waals surface area contributed by atoms with Gasteiger partial charge in [-0.15, -0.1) is 0 Å². The second kappa shape index (κ2) is 3.21. The highest BCUT2D eigenvalue weighted by Gasteiger charge is 2.34. The number of methoxy groups -OCH3 is 1. The number of rotatable bonds is 3. The van der Waals surface area contributed by atoms with Crippen molar-refractivity contribution in [2.24, 2.45) is 11.1 Å². The van der Waals surface area contributed by atoms with Gasteiger partial charge < -0.3 is 9.94 Å². The van der Waals surface area contributed by atoms with Gasteiger partial charge in [0.1, 0.15) is 6.10 Å². The molecule has 0 spiro atoms. The summed E-state index contributed by atoms with van der Waals surface area (Å²) in [6.07, 6.45) is 2.04. The zero-order valence-corrected chi connectivity index (χ0v) is 6.51. The molecule has 1 fully saturated rings. The molecule has 1 aliphatic carbocycles. The van der Waals surface area contributed by atoms with Crippen molar-refractivity contribution in [3.8, 4) is 0 Å². The number of nitrogens with zero attached hydrogens (tertiary/aromatic N) is 1. The molecule has 0 bridgehead atoms. The van der Waals surface area contributed by atoms with Crippen molar-refractivity contribution in [1.82, 2.24) is 0 Å². The second-order valence-electron chi connectivity index (χ2n) is 2.42. The van der Waals surface area contributed by atoms with Crippen LogP contribution in [-0.4, -0.2) is 23.6 Å². The van der Waals surface area contributed by atoms with Gasteiger partial charge in [0.15, 0.2) is 5.17 Å². The molecule has 58 valence electrons. The van der Waals surface area contributed by atoms with E-state index in [-0.39, 0.29) is 11.3 Å². The third-order valence-corrected chi connectivity index (χ3v) is 1.93. The van der Waals surface area contributed by atoms with Crippen molar-refractivity contribution < 1.29 is 9.94 Å². The first-order chi connectivity index (χ1) is 4.79. The SMILES string of the molecule is COC(/C(Cl)=N/O)C1CC1. The third-order valence-electron chi connectivity index (χ3n) is 1.63. The molecule has 0 aromatic heterocycles. The molecule has 0 aromatic rings. The molecule has 1 atom stereocenters. The predicted octanol–water partition coefficient (Wildman–Crippen LogP) is 1.44. The molecule has 0 radical (unpaired) electrons. The summed E-state index contributed by atoms with van der Waals surface area (Å²) in [6.45, 7) is 0. The van der Waals surface area contributed by atoms with Gasteiger partial charge in [-0.2, -0.15) is 0 Å². The van der Waals surface area contributed by atoms with Gasteiger partial charge in [-0.3, -0.25) is 0 Å². The molecule has 1 saturated carbocycles. The molecule has 0 amide bonds. The summed E-state index contributed by atoms with van der Waals surface area (Å²) in [7, 11) is 1.57. The van der Waals surface area contributed by atoms with Crippen molar-refractivity contribution in [1.29, 1.82) is 0 Å². The maximum atomic E-state index is 8.29. The molecule has 4 heteroatoms. The van der Waals surface area contributed by atoms with Gasteiger partial charge in [-0.1, -0.05) is 16.8 Å². The van der Waals surface area contributed by atoms with E-state index in [0.717, 1.165) is 12.8 Å². The summed E-state index contributed by atoms with van der Waals surface area (Å²) in [5, 5.41) is 11.3. The van der Waals surface area contributed by atoms with Gasteiger partial charge in [0.25, 0.3) is 0 Å². The smallest absolute Gasteiger partial charge is 0.174 e. The van der Waals surface area contributed by atoms with Gasteiger partial charge >= 0.3 is 0 Å². The normalized spacial score (nSPS) is 22.8. The number of hydrogen-bond acceptors (Lipinski definition) is 3. The minimum absolute atomic E-state index is 0.157. The molecule has 3 nitrogen and oxygen atoms in total. The van der Waals surface area contributed by atoms with Crippen LogP contribution in [0.4, 0.5) is 0 Å². The Morgan fingerprint density at radius 3 is 2.70 bits per heavy atom. The van der Waals surface area contributed by atoms with E-state index in [2.05, 4.69) is 5.16 Å². The Labute approximate surface area is 64.6 Å². The lowest BCUT2D eigenvalue weighted by Gasteiger charge is -2.09. The minimum atomic E-state index is -0.188. The van der Waals surface area contributed by atoms with Crippen LogP contribution in [0.15, 0.2) is 5.16 Å². The lowest BCUT2D eigenvalue weighted by Crippen LogP contribution is -2.20. The first-order valence-corrected chi connectivity index (χ1v) is 3.57. The Morgan fingerprint density at radius 1 is 1.80 bits per heavy atom. The number of halogens is 1. The Hall–Kier alpha value is -0.280. The molecule has 0 aliphatic heterocycles. The average Bonchev–Trinajstić information content (AvgIpc) is 2.73. The Balaban J connectivity index is 2.46. The molecule has 0 saturated heterocycles. The quantitative estimate of drug-likeness (QED) is 0.389. The third kappa shape index (κ3) is 1.61. The Kier molecular flexibility index (Phi) is 2.51. The summed E-state index contributed by atoms with van der Waals surface area (Å²) in [4.78, 5) is 0. The molecule has 1 unspecified atom stereocenters. The standard InChI is InChI=1S/C6H10ClNO2/c1-10-5(4-2-3-4)6(7)8-9/h4-5,9H,2-3H2,1H3/b8-6-. The van der Waals surface area contributed by atoms with Gasteiger partial charge in [-0.05, 0) is 18.8 Å². The van der Waals surface area contributed by atoms with E-state index >= 15 is 0 Å². The molecule has 1 rings (SSSR count). The maximum Gasteiger partial charge on any atom is 0.174 e. The van der Waals surface area contributed by atoms with Crippen molar-refractivity contribution in [2.45, 2.75) is 18.9 Å². The fraction of sp³-hybridized carbons (Fsp3) is 0.833. The second-order valence-corrected chi connectivity index (χ2v) is 2.80. The van der Waals surface area contributed by atoms with Crippen LogP contribution < -0.4 is 0 Å². The van der Waals surface area contributed by atoms with E-state index in [1.54, 1.807) is 7.11 Å². The van der Waals surface area contributed by atoms with E-state index in [1.807, 2.05) is 0 Å². The van der Waals surface area contributed by atoms with Crippen LogP contribution in [0.2, 0.25) is 0 Å². The van der Waals surface area contributed by atoms with Crippen LogP contribution in [0.5, 0.6) is 0 Å². The van der Waals surface area contributed by atoms with E-state index in [0.29, 0.717) is 5.92 Å². The lowest BCUT2D eigenvalue weighted by molar-refractivity contribution is 0.137. The topological polar surface area (TPSA) is 41.8 Å². The van der Waals surface area contributed by atoms with Crippen LogP contribution in [0.1, 0.15) is 12.8 Å². The molecular weight excluding hydrogens is 154 g/mol. The molecule has 0 aromatic carbocycles. The first kappa shape index (κ1) is 7.82. The summed E-state index contributed by atoms with van der Waals surface area (Å²) >= 11 is 5.54. The minimum Gasteiger partial charge on any atom is -0.410 e. The summed E-state index contributed by atoms with van der Waals surface area (Å²) in [5.74, 6) is 0.466. The van der Waals surface area contributed by atoms with Gasteiger partial charge in [0.05, 0.1) is 0 Å². The van der Waals surface area contributed by atoms with Crippen LogP contribution in [0, 0.1) is 5.92 Å². The summed E-state index contributed by atoms with van der Waals surface area (Å²) < 4.78 is 5.00. The van der Waals surface area contributed by atoms with Gasteiger partial charge in [-0.25, -0.2) is 0 Å². The highest BCUT2D eigenvalue weighted by Crippen LogP contribution is 2.35. The highest BCUT2D eigenvalue weighted by atomic mass is 35.5. The number of oxime groups is 1. The van der Waals surface area contributed by atoms with Gasteiger partial charge in [0.2, 0.25) is 0 Å². The van der Waals surface area contributed by atoms with Crippen molar-refractivity contribution in [3.05, 3.63) is 0 Å². The molecule has 1 N–H and O–H groups in total. The molecule has 0 heterocycles. The fourth-order valence-corrected chi connectivity index (χ4v) is 1.21. The molecule has 1 aliphatic rings. The highest BCUT2D eigenvalue weighted by molar-refractivity contribution is 6.66. The monoisotopic (exact) mass is 163 g/mol. The number of hydrogen-bond donors (Lipinski definition) is 1. The maximum absolute atomic E-state index is 8.29. The van der Waals surface area contributed by atoms with Crippen LogP contribution in [-0.2, 0) is 4.74 Å². The first-order valence-electron chi connectivity index (χ1n) is 3.20.